The summed E-state index contributed by atoms with van der Waals surface area (Å²) in [6.45, 7) is 0.985. The van der Waals surface area contributed by atoms with E-state index < -0.39 is 10.0 Å². The minimum atomic E-state index is -3.21. The van der Waals surface area contributed by atoms with E-state index in [2.05, 4.69) is 10.2 Å². The Balaban J connectivity index is 1.43. The minimum Gasteiger partial charge on any atom is -0.285 e. The van der Waals surface area contributed by atoms with Gasteiger partial charge in [-0.3, -0.25) is 5.10 Å². The zero-order valence-electron chi connectivity index (χ0n) is 15.4. The van der Waals surface area contributed by atoms with Crippen LogP contribution in [0.5, 0.6) is 0 Å². The lowest BCUT2D eigenvalue weighted by atomic mass is 9.89. The minimum absolute atomic E-state index is 0.0706. The third-order valence-corrected chi connectivity index (χ3v) is 8.46. The molecule has 27 heavy (non-hydrogen) atoms. The Hall–Kier alpha value is -1.73. The number of piperidine rings is 1. The molecule has 1 aromatic heterocycles. The highest BCUT2D eigenvalue weighted by Gasteiger charge is 2.35. The Morgan fingerprint density at radius 2 is 1.78 bits per heavy atom. The third kappa shape index (κ3) is 3.80. The molecule has 146 valence electrons. The standard InChI is InChI=1S/C20H26FN3O2S/c21-20-12-16(17-13-22-23-14-17)6-7-19(20)15-8-10-24(11-9-15)27(25,26)18-4-2-1-3-5-18/h6-7,12-15,18H,1-5,8-11H2,(H,22,23). The normalized spacial score (nSPS) is 20.8. The molecule has 7 heteroatoms. The van der Waals surface area contributed by atoms with Crippen molar-refractivity contribution >= 4 is 10.0 Å². The molecule has 0 unspecified atom stereocenters. The second-order valence-electron chi connectivity index (χ2n) is 7.70. The van der Waals surface area contributed by atoms with Crippen LogP contribution in [0, 0.1) is 5.82 Å². The number of H-pyrrole nitrogens is 1. The zero-order valence-corrected chi connectivity index (χ0v) is 16.2. The van der Waals surface area contributed by atoms with Gasteiger partial charge in [0.25, 0.3) is 0 Å². The summed E-state index contributed by atoms with van der Waals surface area (Å²) in [7, 11) is -3.21. The van der Waals surface area contributed by atoms with E-state index in [0.29, 0.717) is 31.5 Å². The van der Waals surface area contributed by atoms with Gasteiger partial charge in [-0.15, -0.1) is 0 Å². The molecule has 4 rings (SSSR count). The fourth-order valence-electron chi connectivity index (χ4n) is 4.44. The first-order valence-electron chi connectivity index (χ1n) is 9.83. The van der Waals surface area contributed by atoms with E-state index in [1.807, 2.05) is 12.1 Å². The number of halogens is 1. The van der Waals surface area contributed by atoms with Gasteiger partial charge in [-0.2, -0.15) is 5.10 Å². The van der Waals surface area contributed by atoms with Crippen LogP contribution in [0.1, 0.15) is 56.4 Å². The highest BCUT2D eigenvalue weighted by Crippen LogP contribution is 2.34. The van der Waals surface area contributed by atoms with Crippen molar-refractivity contribution in [3.8, 4) is 11.1 Å². The second kappa shape index (κ2) is 7.72. The van der Waals surface area contributed by atoms with Crippen LogP contribution in [0.2, 0.25) is 0 Å². The lowest BCUT2D eigenvalue weighted by molar-refractivity contribution is 0.308. The molecule has 1 aliphatic heterocycles. The molecule has 2 aliphatic rings. The Bertz CT molecular complexity index is 869. The van der Waals surface area contributed by atoms with Gasteiger partial charge in [0.05, 0.1) is 11.4 Å². The lowest BCUT2D eigenvalue weighted by Gasteiger charge is -2.35. The highest BCUT2D eigenvalue weighted by atomic mass is 32.2. The van der Waals surface area contributed by atoms with Gasteiger partial charge in [-0.1, -0.05) is 31.4 Å². The van der Waals surface area contributed by atoms with E-state index in [1.54, 1.807) is 22.8 Å². The largest absolute Gasteiger partial charge is 0.285 e. The van der Waals surface area contributed by atoms with E-state index in [-0.39, 0.29) is 17.0 Å². The summed E-state index contributed by atoms with van der Waals surface area (Å²) in [5.41, 5.74) is 2.34. The number of aromatic nitrogens is 2. The van der Waals surface area contributed by atoms with Crippen molar-refractivity contribution in [1.29, 1.82) is 0 Å². The topological polar surface area (TPSA) is 66.1 Å². The Labute approximate surface area is 160 Å². The van der Waals surface area contributed by atoms with Crippen LogP contribution in [0.4, 0.5) is 4.39 Å². The Morgan fingerprint density at radius 3 is 2.41 bits per heavy atom. The number of nitrogens with one attached hydrogen (secondary N) is 1. The monoisotopic (exact) mass is 391 g/mol. The maximum atomic E-state index is 14.7. The smallest absolute Gasteiger partial charge is 0.216 e. The molecule has 1 aromatic carbocycles. The van der Waals surface area contributed by atoms with E-state index in [4.69, 9.17) is 0 Å². The third-order valence-electron chi connectivity index (χ3n) is 6.06. The van der Waals surface area contributed by atoms with Crippen LogP contribution < -0.4 is 0 Å². The second-order valence-corrected chi connectivity index (χ2v) is 9.91. The number of hydrogen-bond acceptors (Lipinski definition) is 3. The van der Waals surface area contributed by atoms with Gasteiger partial charge in [0.2, 0.25) is 10.0 Å². The Kier molecular flexibility index (Phi) is 5.32. The molecule has 1 N–H and O–H groups in total. The number of hydrogen-bond donors (Lipinski definition) is 1. The van der Waals surface area contributed by atoms with Gasteiger partial charge >= 0.3 is 0 Å². The van der Waals surface area contributed by atoms with Gasteiger partial charge in [-0.25, -0.2) is 17.1 Å². The summed E-state index contributed by atoms with van der Waals surface area (Å²) in [6, 6.07) is 5.30. The lowest BCUT2D eigenvalue weighted by Crippen LogP contribution is -2.43. The molecule has 0 bridgehead atoms. The molecule has 0 spiro atoms. The average Bonchev–Trinajstić information content (AvgIpc) is 3.24. The maximum Gasteiger partial charge on any atom is 0.216 e. The predicted octanol–water partition coefficient (Wildman–Crippen LogP) is 4.06. The first kappa shape index (κ1) is 18.6. The molecule has 2 fully saturated rings. The van der Waals surface area contributed by atoms with E-state index in [0.717, 1.165) is 43.2 Å². The number of rotatable bonds is 4. The fraction of sp³-hybridized carbons (Fsp3) is 0.550. The Morgan fingerprint density at radius 1 is 1.04 bits per heavy atom. The maximum absolute atomic E-state index is 14.7. The number of aromatic amines is 1. The van der Waals surface area contributed by atoms with E-state index in [9.17, 15) is 12.8 Å². The molecule has 2 heterocycles. The predicted molar refractivity (Wildman–Crippen MR) is 103 cm³/mol. The van der Waals surface area contributed by atoms with Crippen molar-refractivity contribution in [3.63, 3.8) is 0 Å². The van der Waals surface area contributed by atoms with Crippen LogP contribution >= 0.6 is 0 Å². The molecule has 0 radical (unpaired) electrons. The molecule has 1 saturated heterocycles. The molecule has 5 nitrogen and oxygen atoms in total. The highest BCUT2D eigenvalue weighted by molar-refractivity contribution is 7.89. The van der Waals surface area contributed by atoms with Gasteiger partial charge in [0.15, 0.2) is 0 Å². The SMILES string of the molecule is O=S(=O)(C1CCCCC1)N1CCC(c2ccc(-c3cn[nH]c3)cc2F)CC1. The summed E-state index contributed by atoms with van der Waals surface area (Å²) >= 11 is 0. The van der Waals surface area contributed by atoms with Gasteiger partial charge in [0, 0.05) is 24.8 Å². The summed E-state index contributed by atoms with van der Waals surface area (Å²) in [5, 5.41) is 6.42. The van der Waals surface area contributed by atoms with Gasteiger partial charge in [0.1, 0.15) is 5.82 Å². The van der Waals surface area contributed by atoms with Crippen LogP contribution in [0.15, 0.2) is 30.6 Å². The summed E-state index contributed by atoms with van der Waals surface area (Å²) < 4.78 is 42.1. The first-order chi connectivity index (χ1) is 13.1. The molecule has 1 saturated carbocycles. The van der Waals surface area contributed by atoms with Crippen LogP contribution in [-0.4, -0.2) is 41.3 Å². The fourth-order valence-corrected chi connectivity index (χ4v) is 6.51. The van der Waals surface area contributed by atoms with Gasteiger partial charge < -0.3 is 0 Å². The van der Waals surface area contributed by atoms with Crippen molar-refractivity contribution in [2.24, 2.45) is 0 Å². The van der Waals surface area contributed by atoms with Crippen molar-refractivity contribution in [3.05, 3.63) is 42.0 Å². The van der Waals surface area contributed by atoms with Crippen LogP contribution in [-0.2, 0) is 10.0 Å². The number of sulfonamides is 1. The summed E-state index contributed by atoms with van der Waals surface area (Å²) in [4.78, 5) is 0. The molecule has 0 amide bonds. The molecule has 0 atom stereocenters. The summed E-state index contributed by atoms with van der Waals surface area (Å²) in [6.07, 6.45) is 9.48. The molecule has 2 aromatic rings. The first-order valence-corrected chi connectivity index (χ1v) is 11.3. The number of nitrogens with zero attached hydrogens (tertiary/aromatic N) is 2. The molecule has 1 aliphatic carbocycles. The van der Waals surface area contributed by atoms with Gasteiger partial charge in [-0.05, 0) is 48.8 Å². The van der Waals surface area contributed by atoms with Crippen molar-refractivity contribution in [2.45, 2.75) is 56.1 Å². The zero-order chi connectivity index (χ0) is 18.9. The van der Waals surface area contributed by atoms with Crippen molar-refractivity contribution < 1.29 is 12.8 Å². The quantitative estimate of drug-likeness (QED) is 0.855. The number of benzene rings is 1. The molecular weight excluding hydrogens is 365 g/mol. The van der Waals surface area contributed by atoms with E-state index in [1.165, 1.54) is 0 Å². The van der Waals surface area contributed by atoms with Crippen LogP contribution in [0.25, 0.3) is 11.1 Å². The van der Waals surface area contributed by atoms with E-state index >= 15 is 0 Å². The molecular formula is C20H26FN3O2S. The summed E-state index contributed by atoms with van der Waals surface area (Å²) in [5.74, 6) is -0.150. The average molecular weight is 392 g/mol. The van der Waals surface area contributed by atoms with Crippen LogP contribution in [0.3, 0.4) is 0 Å². The van der Waals surface area contributed by atoms with Crippen molar-refractivity contribution in [2.75, 3.05) is 13.1 Å². The van der Waals surface area contributed by atoms with Crippen molar-refractivity contribution in [1.82, 2.24) is 14.5 Å².